The van der Waals surface area contributed by atoms with Crippen LogP contribution >= 0.6 is 0 Å². The number of amides is 2. The molecule has 2 aromatic rings. The van der Waals surface area contributed by atoms with Crippen molar-refractivity contribution >= 4 is 18.3 Å². The Morgan fingerprint density at radius 3 is 2.75 bits per heavy atom. The lowest BCUT2D eigenvalue weighted by molar-refractivity contribution is -0.138. The summed E-state index contributed by atoms with van der Waals surface area (Å²) in [5.74, 6) is 0.0888. The Balaban J connectivity index is 1.66. The summed E-state index contributed by atoms with van der Waals surface area (Å²) >= 11 is 0. The zero-order chi connectivity index (χ0) is 23.3. The van der Waals surface area contributed by atoms with Crippen LogP contribution in [0.4, 0.5) is 4.79 Å². The van der Waals surface area contributed by atoms with Gasteiger partial charge in [0.1, 0.15) is 12.3 Å². The molecule has 0 saturated carbocycles. The van der Waals surface area contributed by atoms with E-state index in [-0.39, 0.29) is 11.8 Å². The van der Waals surface area contributed by atoms with E-state index < -0.39 is 23.6 Å². The molecular weight excluding hydrogens is 414 g/mol. The van der Waals surface area contributed by atoms with Crippen LogP contribution in [0.2, 0.25) is 0 Å². The number of carbonyl (C=O) groups is 3. The van der Waals surface area contributed by atoms with Crippen molar-refractivity contribution in [2.75, 3.05) is 20.3 Å². The van der Waals surface area contributed by atoms with Crippen LogP contribution in [0.15, 0.2) is 41.2 Å². The van der Waals surface area contributed by atoms with Crippen molar-refractivity contribution in [2.45, 2.75) is 39.3 Å². The molecule has 2 aromatic heterocycles. The number of carbonyl (C=O) groups excluding carboxylic acids is 3. The van der Waals surface area contributed by atoms with Gasteiger partial charge in [0.25, 0.3) is 0 Å². The number of hydrogen-bond donors (Lipinski definition) is 1. The molecule has 9 heteroatoms. The highest BCUT2D eigenvalue weighted by Crippen LogP contribution is 2.28. The van der Waals surface area contributed by atoms with Crippen LogP contribution in [-0.4, -0.2) is 60.5 Å². The number of methoxy groups -OCH3 is 1. The van der Waals surface area contributed by atoms with Crippen molar-refractivity contribution < 1.29 is 28.3 Å². The number of furan rings is 1. The van der Waals surface area contributed by atoms with Gasteiger partial charge in [-0.3, -0.25) is 4.79 Å². The topological polar surface area (TPSA) is 111 Å². The zero-order valence-corrected chi connectivity index (χ0v) is 18.7. The van der Waals surface area contributed by atoms with Crippen molar-refractivity contribution in [1.29, 1.82) is 0 Å². The normalized spacial score (nSPS) is 19.3. The Hall–Kier alpha value is -3.36. The van der Waals surface area contributed by atoms with Crippen LogP contribution in [0.1, 0.15) is 27.2 Å². The van der Waals surface area contributed by atoms with Gasteiger partial charge in [-0.05, 0) is 24.0 Å². The Morgan fingerprint density at radius 1 is 1.34 bits per heavy atom. The minimum absolute atomic E-state index is 0.0488. The highest BCUT2D eigenvalue weighted by atomic mass is 16.5. The number of rotatable bonds is 7. The molecule has 0 bridgehead atoms. The van der Waals surface area contributed by atoms with E-state index in [0.717, 1.165) is 17.5 Å². The lowest BCUT2D eigenvalue weighted by Crippen LogP contribution is -2.56. The first-order valence-electron chi connectivity index (χ1n) is 10.5. The molecule has 0 aliphatic carbocycles. The number of pyridine rings is 1. The summed E-state index contributed by atoms with van der Waals surface area (Å²) in [6.45, 7) is 6.18. The highest BCUT2D eigenvalue weighted by Gasteiger charge is 2.42. The number of aromatic nitrogens is 1. The molecule has 1 saturated heterocycles. The smallest absolute Gasteiger partial charge is 0.407 e. The maximum Gasteiger partial charge on any atom is 0.407 e. The lowest BCUT2D eigenvalue weighted by Gasteiger charge is -2.34. The van der Waals surface area contributed by atoms with E-state index in [1.807, 2.05) is 39.0 Å². The second-order valence-corrected chi connectivity index (χ2v) is 8.91. The zero-order valence-electron chi connectivity index (χ0n) is 18.7. The van der Waals surface area contributed by atoms with Gasteiger partial charge in [-0.25, -0.2) is 9.78 Å². The molecule has 3 heterocycles. The summed E-state index contributed by atoms with van der Waals surface area (Å²) in [6.07, 6.45) is 3.74. The molecule has 3 atom stereocenters. The van der Waals surface area contributed by atoms with Gasteiger partial charge in [0.2, 0.25) is 11.8 Å². The minimum Gasteiger partial charge on any atom is -0.477 e. The monoisotopic (exact) mass is 443 g/mol. The summed E-state index contributed by atoms with van der Waals surface area (Å²) in [6, 6.07) is 5.87. The van der Waals surface area contributed by atoms with Crippen LogP contribution in [0.3, 0.4) is 0 Å². The fourth-order valence-electron chi connectivity index (χ4n) is 3.72. The molecule has 0 aromatic carbocycles. The Morgan fingerprint density at radius 2 is 2.12 bits per heavy atom. The predicted molar refractivity (Wildman–Crippen MR) is 116 cm³/mol. The Labute approximate surface area is 187 Å². The van der Waals surface area contributed by atoms with Gasteiger partial charge >= 0.3 is 6.09 Å². The molecule has 1 aliphatic rings. The van der Waals surface area contributed by atoms with Crippen LogP contribution in [0.5, 0.6) is 5.88 Å². The summed E-state index contributed by atoms with van der Waals surface area (Å²) in [5, 5.41) is 2.60. The summed E-state index contributed by atoms with van der Waals surface area (Å²) in [4.78, 5) is 42.7. The molecule has 1 fully saturated rings. The maximum atomic E-state index is 13.2. The molecule has 0 radical (unpaired) electrons. The van der Waals surface area contributed by atoms with Crippen molar-refractivity contribution in [3.05, 3.63) is 36.8 Å². The molecular formula is C23H29N3O6. The first kappa shape index (κ1) is 23.3. The number of nitrogens with one attached hydrogen (secondary N) is 1. The molecule has 0 unspecified atom stereocenters. The summed E-state index contributed by atoms with van der Waals surface area (Å²) in [5.41, 5.74) is 1.01. The van der Waals surface area contributed by atoms with Gasteiger partial charge < -0.3 is 28.9 Å². The molecule has 1 N–H and O–H groups in total. The third-order valence-electron chi connectivity index (χ3n) is 5.44. The molecule has 1 aliphatic heterocycles. The van der Waals surface area contributed by atoms with Crippen LogP contribution in [0, 0.1) is 11.3 Å². The quantitative estimate of drug-likeness (QED) is 0.655. The van der Waals surface area contributed by atoms with E-state index in [1.54, 1.807) is 18.6 Å². The van der Waals surface area contributed by atoms with Crippen molar-refractivity contribution in [1.82, 2.24) is 15.2 Å². The van der Waals surface area contributed by atoms with Gasteiger partial charge in [-0.1, -0.05) is 26.8 Å². The number of aldehydes is 1. The SMILES string of the molecule is COC(=O)N[C@H](C(=O)N1C[C@H](COc2cccc(-c3ccoc3)n2)C[C@H]1C=O)C(C)(C)C. The fourth-order valence-corrected chi connectivity index (χ4v) is 3.72. The average molecular weight is 444 g/mol. The minimum atomic E-state index is -0.828. The van der Waals surface area contributed by atoms with Crippen LogP contribution in [0.25, 0.3) is 11.3 Å². The maximum absolute atomic E-state index is 13.2. The largest absolute Gasteiger partial charge is 0.477 e. The number of likely N-dealkylation sites (tertiary alicyclic amines) is 1. The Bertz CT molecular complexity index is 937. The van der Waals surface area contributed by atoms with Gasteiger partial charge in [0.05, 0.1) is 38.0 Å². The molecule has 3 rings (SSSR count). The summed E-state index contributed by atoms with van der Waals surface area (Å²) < 4.78 is 15.6. The fraction of sp³-hybridized carbons (Fsp3) is 0.478. The van der Waals surface area contributed by atoms with Gasteiger partial charge in [-0.2, -0.15) is 0 Å². The second-order valence-electron chi connectivity index (χ2n) is 8.91. The van der Waals surface area contributed by atoms with E-state index in [4.69, 9.17) is 9.15 Å². The Kier molecular flexibility index (Phi) is 7.17. The van der Waals surface area contributed by atoms with Gasteiger partial charge in [-0.15, -0.1) is 0 Å². The van der Waals surface area contributed by atoms with Gasteiger partial charge in [0, 0.05) is 24.1 Å². The predicted octanol–water partition coefficient (Wildman–Crippen LogP) is 2.91. The molecule has 0 spiro atoms. The molecule has 2 amide bonds. The first-order chi connectivity index (χ1) is 15.2. The van der Waals surface area contributed by atoms with Crippen molar-refractivity contribution in [3.63, 3.8) is 0 Å². The molecule has 9 nitrogen and oxygen atoms in total. The highest BCUT2D eigenvalue weighted by molar-refractivity contribution is 5.88. The third kappa shape index (κ3) is 5.46. The van der Waals surface area contributed by atoms with Crippen molar-refractivity contribution in [3.8, 4) is 17.1 Å². The van der Waals surface area contributed by atoms with Gasteiger partial charge in [0.15, 0.2) is 0 Å². The summed E-state index contributed by atoms with van der Waals surface area (Å²) in [7, 11) is 1.24. The number of ether oxygens (including phenoxy) is 2. The molecule has 32 heavy (non-hydrogen) atoms. The van der Waals surface area contributed by atoms with Crippen LogP contribution in [-0.2, 0) is 14.3 Å². The van der Waals surface area contributed by atoms with E-state index in [1.165, 1.54) is 12.0 Å². The van der Waals surface area contributed by atoms with E-state index in [9.17, 15) is 14.4 Å². The molecule has 172 valence electrons. The van der Waals surface area contributed by atoms with E-state index in [2.05, 4.69) is 15.0 Å². The standard InChI is InChI=1S/C23H29N3O6/c1-23(2,3)20(25-22(29)30-4)21(28)26-11-15(10-17(26)12-27)13-32-19-7-5-6-18(24-19)16-8-9-31-14-16/h5-9,12,14-15,17,20H,10-11,13H2,1-4H3,(H,25,29)/t15-,17+,20-/m1/s1. The average Bonchev–Trinajstić information content (AvgIpc) is 3.45. The number of nitrogens with zero attached hydrogens (tertiary/aromatic N) is 2. The van der Waals surface area contributed by atoms with E-state index >= 15 is 0 Å². The lowest BCUT2D eigenvalue weighted by atomic mass is 9.85. The number of alkyl carbamates (subject to hydrolysis) is 1. The van der Waals surface area contributed by atoms with E-state index in [0.29, 0.717) is 25.5 Å². The first-order valence-corrected chi connectivity index (χ1v) is 10.5. The third-order valence-corrected chi connectivity index (χ3v) is 5.44. The van der Waals surface area contributed by atoms with Crippen LogP contribution < -0.4 is 10.1 Å². The second kappa shape index (κ2) is 9.84. The van der Waals surface area contributed by atoms with Crippen molar-refractivity contribution in [2.24, 2.45) is 11.3 Å². The number of hydrogen-bond acceptors (Lipinski definition) is 7.